The lowest BCUT2D eigenvalue weighted by atomic mass is 9.72. The summed E-state index contributed by atoms with van der Waals surface area (Å²) in [4.78, 5) is 0. The van der Waals surface area contributed by atoms with Crippen LogP contribution in [0.2, 0.25) is 6.04 Å². The molecule has 0 fully saturated rings. The smallest absolute Gasteiger partial charge is 0.377 e. The molecule has 2 N–H and O–H groups in total. The molecule has 0 aliphatic heterocycles. The van der Waals surface area contributed by atoms with Crippen LogP contribution in [-0.2, 0) is 13.3 Å². The van der Waals surface area contributed by atoms with Gasteiger partial charge in [0.2, 0.25) is 0 Å². The summed E-state index contributed by atoms with van der Waals surface area (Å²) in [5.41, 5.74) is 6.55. The van der Waals surface area contributed by atoms with Crippen molar-refractivity contribution in [1.82, 2.24) is 0 Å². The normalized spacial score (nSPS) is 18.9. The molecule has 4 nitrogen and oxygen atoms in total. The molecule has 0 saturated heterocycles. The standard InChI is InChI=1S/C14H33NO3Si/c1-8-12(3)14(15,13(4)9-2)10-11-19(16-5,17-6)18-7/h12-13H,8-11,15H2,1-7H3. The molecule has 0 amide bonds. The molecule has 5 heteroatoms. The van der Waals surface area contributed by atoms with Crippen LogP contribution >= 0.6 is 0 Å². The van der Waals surface area contributed by atoms with E-state index in [4.69, 9.17) is 19.0 Å². The van der Waals surface area contributed by atoms with E-state index in [0.717, 1.165) is 25.3 Å². The molecule has 0 bridgehead atoms. The van der Waals surface area contributed by atoms with Gasteiger partial charge in [0.05, 0.1) is 0 Å². The van der Waals surface area contributed by atoms with Gasteiger partial charge in [0.15, 0.2) is 0 Å². The van der Waals surface area contributed by atoms with Gasteiger partial charge in [-0.25, -0.2) is 0 Å². The van der Waals surface area contributed by atoms with E-state index in [9.17, 15) is 0 Å². The molecule has 2 atom stereocenters. The Hall–Kier alpha value is 0.0569. The van der Waals surface area contributed by atoms with E-state index < -0.39 is 8.80 Å². The highest BCUT2D eigenvalue weighted by Crippen LogP contribution is 2.34. The lowest BCUT2D eigenvalue weighted by Gasteiger charge is -2.42. The molecule has 0 aromatic carbocycles. The van der Waals surface area contributed by atoms with Gasteiger partial charge in [0.1, 0.15) is 0 Å². The van der Waals surface area contributed by atoms with E-state index in [2.05, 4.69) is 27.7 Å². The van der Waals surface area contributed by atoms with Gasteiger partial charge in [-0.1, -0.05) is 40.5 Å². The Morgan fingerprint density at radius 3 is 1.58 bits per heavy atom. The van der Waals surface area contributed by atoms with E-state index >= 15 is 0 Å². The summed E-state index contributed by atoms with van der Waals surface area (Å²) >= 11 is 0. The average molecular weight is 292 g/mol. The van der Waals surface area contributed by atoms with Crippen molar-refractivity contribution >= 4 is 8.80 Å². The van der Waals surface area contributed by atoms with Crippen LogP contribution in [0.4, 0.5) is 0 Å². The third-order valence-electron chi connectivity index (χ3n) is 4.86. The maximum atomic E-state index is 6.73. The van der Waals surface area contributed by atoms with Crippen LogP contribution in [0.25, 0.3) is 0 Å². The molecule has 0 aromatic rings. The van der Waals surface area contributed by atoms with E-state index in [1.807, 2.05) is 0 Å². The predicted octanol–water partition coefficient (Wildman–Crippen LogP) is 3.04. The zero-order valence-corrected chi connectivity index (χ0v) is 14.8. The molecular formula is C14H33NO3Si. The van der Waals surface area contributed by atoms with Gasteiger partial charge in [0.25, 0.3) is 0 Å². The Morgan fingerprint density at radius 2 is 1.32 bits per heavy atom. The number of hydrogen-bond donors (Lipinski definition) is 1. The van der Waals surface area contributed by atoms with Crippen molar-refractivity contribution in [3.8, 4) is 0 Å². The molecule has 116 valence electrons. The summed E-state index contributed by atoms with van der Waals surface area (Å²) in [5, 5.41) is 0. The molecule has 0 spiro atoms. The van der Waals surface area contributed by atoms with Gasteiger partial charge in [-0.2, -0.15) is 0 Å². The predicted molar refractivity (Wildman–Crippen MR) is 82.0 cm³/mol. The summed E-state index contributed by atoms with van der Waals surface area (Å²) in [7, 11) is 2.45. The van der Waals surface area contributed by atoms with Crippen LogP contribution in [0.5, 0.6) is 0 Å². The fourth-order valence-corrected chi connectivity index (χ4v) is 4.52. The van der Waals surface area contributed by atoms with Crippen LogP contribution < -0.4 is 5.73 Å². The first-order valence-corrected chi connectivity index (χ1v) is 9.23. The second kappa shape index (κ2) is 8.37. The summed E-state index contributed by atoms with van der Waals surface area (Å²) in [6.45, 7) is 8.87. The zero-order valence-electron chi connectivity index (χ0n) is 13.8. The Morgan fingerprint density at radius 1 is 0.947 bits per heavy atom. The Labute approximate surface area is 120 Å². The molecule has 0 aliphatic rings. The summed E-state index contributed by atoms with van der Waals surface area (Å²) in [6, 6.07) is 0.766. The van der Waals surface area contributed by atoms with Crippen molar-refractivity contribution in [2.45, 2.75) is 58.5 Å². The Kier molecular flexibility index (Phi) is 8.39. The molecule has 0 radical (unpaired) electrons. The third-order valence-corrected chi connectivity index (χ3v) is 7.59. The van der Waals surface area contributed by atoms with Gasteiger partial charge >= 0.3 is 8.80 Å². The van der Waals surface area contributed by atoms with E-state index in [1.165, 1.54) is 0 Å². The van der Waals surface area contributed by atoms with Gasteiger partial charge < -0.3 is 19.0 Å². The molecule has 0 aromatic heterocycles. The largest absolute Gasteiger partial charge is 0.500 e. The highest BCUT2D eigenvalue weighted by atomic mass is 28.4. The summed E-state index contributed by atoms with van der Waals surface area (Å²) in [6.07, 6.45) is 3.05. The van der Waals surface area contributed by atoms with Gasteiger partial charge in [-0.3, -0.25) is 0 Å². The minimum atomic E-state index is -2.52. The number of rotatable bonds is 10. The zero-order chi connectivity index (χ0) is 15.1. The second-order valence-electron chi connectivity index (χ2n) is 5.53. The molecule has 19 heavy (non-hydrogen) atoms. The highest BCUT2D eigenvalue weighted by molar-refractivity contribution is 6.60. The average Bonchev–Trinajstić information content (AvgIpc) is 2.46. The number of nitrogens with two attached hydrogens (primary N) is 1. The van der Waals surface area contributed by atoms with Gasteiger partial charge in [-0.05, 0) is 18.3 Å². The first kappa shape index (κ1) is 19.1. The molecule has 0 saturated carbocycles. The van der Waals surface area contributed by atoms with Crippen LogP contribution in [-0.4, -0.2) is 35.7 Å². The second-order valence-corrected chi connectivity index (χ2v) is 8.62. The molecule has 0 rings (SSSR count). The van der Waals surface area contributed by atoms with Crippen LogP contribution in [0.3, 0.4) is 0 Å². The SMILES string of the molecule is CCC(C)C(N)(CC[Si](OC)(OC)OC)C(C)CC. The van der Waals surface area contributed by atoms with E-state index in [0.29, 0.717) is 11.8 Å². The van der Waals surface area contributed by atoms with Gasteiger partial charge in [-0.15, -0.1) is 0 Å². The van der Waals surface area contributed by atoms with Crippen molar-refractivity contribution in [3.63, 3.8) is 0 Å². The summed E-state index contributed by atoms with van der Waals surface area (Å²) in [5.74, 6) is 0.944. The topological polar surface area (TPSA) is 53.7 Å². The maximum Gasteiger partial charge on any atom is 0.500 e. The quantitative estimate of drug-likeness (QED) is 0.629. The highest BCUT2D eigenvalue weighted by Gasteiger charge is 2.43. The monoisotopic (exact) mass is 291 g/mol. The molecule has 2 unspecified atom stereocenters. The number of hydrogen-bond acceptors (Lipinski definition) is 4. The van der Waals surface area contributed by atoms with Crippen LogP contribution in [0.1, 0.15) is 47.0 Å². The fraction of sp³-hybridized carbons (Fsp3) is 1.00. The van der Waals surface area contributed by atoms with E-state index in [-0.39, 0.29) is 5.54 Å². The minimum absolute atomic E-state index is 0.183. The van der Waals surface area contributed by atoms with Crippen LogP contribution in [0.15, 0.2) is 0 Å². The van der Waals surface area contributed by atoms with Crippen molar-refractivity contribution < 1.29 is 13.3 Å². The minimum Gasteiger partial charge on any atom is -0.377 e. The maximum absolute atomic E-state index is 6.73. The van der Waals surface area contributed by atoms with Gasteiger partial charge in [0, 0.05) is 32.9 Å². The molecular weight excluding hydrogens is 258 g/mol. The Bertz CT molecular complexity index is 229. The first-order valence-electron chi connectivity index (χ1n) is 7.30. The Balaban J connectivity index is 4.94. The van der Waals surface area contributed by atoms with Crippen molar-refractivity contribution in [2.75, 3.05) is 21.3 Å². The fourth-order valence-electron chi connectivity index (χ4n) is 2.66. The molecule has 0 aliphatic carbocycles. The van der Waals surface area contributed by atoms with Crippen LogP contribution in [0, 0.1) is 11.8 Å². The van der Waals surface area contributed by atoms with Crippen molar-refractivity contribution in [2.24, 2.45) is 17.6 Å². The first-order chi connectivity index (χ1) is 8.85. The van der Waals surface area contributed by atoms with E-state index in [1.54, 1.807) is 21.3 Å². The van der Waals surface area contributed by atoms with Crippen molar-refractivity contribution in [3.05, 3.63) is 0 Å². The lowest BCUT2D eigenvalue weighted by molar-refractivity contribution is 0.110. The molecule has 0 heterocycles. The lowest BCUT2D eigenvalue weighted by Crippen LogP contribution is -2.54. The summed E-state index contributed by atoms with van der Waals surface area (Å²) < 4.78 is 16.5. The van der Waals surface area contributed by atoms with Crippen molar-refractivity contribution in [1.29, 1.82) is 0 Å². The third kappa shape index (κ3) is 4.53.